The number of hydrogen-bond donors (Lipinski definition) is 3. The van der Waals surface area contributed by atoms with Crippen molar-refractivity contribution in [3.63, 3.8) is 0 Å². The summed E-state index contributed by atoms with van der Waals surface area (Å²) in [4.78, 5) is 36.9. The predicted octanol–water partition coefficient (Wildman–Crippen LogP) is 1.42. The lowest BCUT2D eigenvalue weighted by Crippen LogP contribution is -2.52. The molecule has 0 spiro atoms. The Morgan fingerprint density at radius 1 is 1.38 bits per heavy atom. The van der Waals surface area contributed by atoms with E-state index in [2.05, 4.69) is 10.6 Å². The molecule has 8 nitrogen and oxygen atoms in total. The van der Waals surface area contributed by atoms with Gasteiger partial charge in [0.05, 0.1) is 11.4 Å². The van der Waals surface area contributed by atoms with Crippen LogP contribution in [0, 0.1) is 0 Å². The number of aliphatic carboxylic acids is 1. The Morgan fingerprint density at radius 3 is 2.67 bits per heavy atom. The van der Waals surface area contributed by atoms with E-state index < -0.39 is 36.2 Å². The molecule has 0 bridgehead atoms. The van der Waals surface area contributed by atoms with Gasteiger partial charge in [-0.15, -0.1) is 0 Å². The molecule has 1 heterocycles. The second-order valence-electron chi connectivity index (χ2n) is 6.41. The molecule has 2 amide bonds. The lowest BCUT2D eigenvalue weighted by molar-refractivity contribution is -0.136. The van der Waals surface area contributed by atoms with Crippen LogP contribution in [0.5, 0.6) is 0 Å². The van der Waals surface area contributed by atoms with Gasteiger partial charge in [0.25, 0.3) is 5.91 Å². The number of carbonyl (C=O) groups excluding carboxylic acids is 2. The van der Waals surface area contributed by atoms with Gasteiger partial charge in [-0.3, -0.25) is 14.5 Å². The van der Waals surface area contributed by atoms with Crippen molar-refractivity contribution in [3.8, 4) is 0 Å². The van der Waals surface area contributed by atoms with E-state index in [4.69, 9.17) is 9.84 Å². The van der Waals surface area contributed by atoms with Crippen molar-refractivity contribution in [2.24, 2.45) is 0 Å². The minimum absolute atomic E-state index is 0.130. The highest BCUT2D eigenvalue weighted by Gasteiger charge is 2.33. The lowest BCUT2D eigenvalue weighted by atomic mass is 10.2. The minimum atomic E-state index is -1.14. The smallest absolute Gasteiger partial charge is 0.408 e. The van der Waals surface area contributed by atoms with Crippen molar-refractivity contribution in [3.05, 3.63) is 24.3 Å². The van der Waals surface area contributed by atoms with Crippen LogP contribution < -0.4 is 15.5 Å². The Hall–Kier alpha value is -2.77. The number of hydrogen-bond acceptors (Lipinski definition) is 5. The topological polar surface area (TPSA) is 108 Å². The van der Waals surface area contributed by atoms with E-state index >= 15 is 0 Å². The van der Waals surface area contributed by atoms with Crippen molar-refractivity contribution in [2.45, 2.75) is 32.4 Å². The fourth-order valence-corrected chi connectivity index (χ4v) is 2.33. The van der Waals surface area contributed by atoms with Crippen LogP contribution in [0.25, 0.3) is 0 Å². The molecule has 1 aliphatic heterocycles. The molecule has 0 aliphatic carbocycles. The molecular weight excluding hydrogens is 314 g/mol. The first-order chi connectivity index (χ1) is 11.2. The number of fused-ring (bicyclic) bond motifs is 1. The summed E-state index contributed by atoms with van der Waals surface area (Å²) in [6.45, 7) is 4.78. The number of amides is 2. The van der Waals surface area contributed by atoms with Gasteiger partial charge in [-0.2, -0.15) is 0 Å². The van der Waals surface area contributed by atoms with Gasteiger partial charge < -0.3 is 20.5 Å². The molecule has 1 aromatic rings. The molecule has 0 aromatic heterocycles. The van der Waals surface area contributed by atoms with Crippen LogP contribution >= 0.6 is 0 Å². The summed E-state index contributed by atoms with van der Waals surface area (Å²) < 4.78 is 5.16. The monoisotopic (exact) mass is 335 g/mol. The number of benzene rings is 1. The third-order valence-corrected chi connectivity index (χ3v) is 3.24. The predicted molar refractivity (Wildman–Crippen MR) is 88.1 cm³/mol. The Bertz CT molecular complexity index is 653. The van der Waals surface area contributed by atoms with Gasteiger partial charge in [0.2, 0.25) is 0 Å². The quantitative estimate of drug-likeness (QED) is 0.771. The maximum Gasteiger partial charge on any atom is 0.408 e. The van der Waals surface area contributed by atoms with Crippen molar-refractivity contribution in [1.29, 1.82) is 0 Å². The number of nitrogens with one attached hydrogen (secondary N) is 2. The second-order valence-corrected chi connectivity index (χ2v) is 6.41. The van der Waals surface area contributed by atoms with E-state index in [0.29, 0.717) is 11.4 Å². The normalized spacial score (nSPS) is 17.4. The van der Waals surface area contributed by atoms with Gasteiger partial charge in [-0.25, -0.2) is 4.79 Å². The summed E-state index contributed by atoms with van der Waals surface area (Å²) in [7, 11) is 0. The summed E-state index contributed by atoms with van der Waals surface area (Å²) >= 11 is 0. The van der Waals surface area contributed by atoms with Crippen LogP contribution in [0.4, 0.5) is 16.2 Å². The van der Waals surface area contributed by atoms with E-state index in [-0.39, 0.29) is 6.54 Å². The zero-order valence-electron chi connectivity index (χ0n) is 13.8. The molecule has 2 rings (SSSR count). The highest BCUT2D eigenvalue weighted by Crippen LogP contribution is 2.28. The molecule has 3 N–H and O–H groups in total. The van der Waals surface area contributed by atoms with Gasteiger partial charge >= 0.3 is 12.1 Å². The number of ether oxygens (including phenoxy) is 1. The first-order valence-corrected chi connectivity index (χ1v) is 7.53. The zero-order chi connectivity index (χ0) is 17.9. The van der Waals surface area contributed by atoms with Gasteiger partial charge in [0, 0.05) is 6.54 Å². The average Bonchev–Trinajstić information content (AvgIpc) is 2.57. The van der Waals surface area contributed by atoms with Crippen LogP contribution in [0.15, 0.2) is 24.3 Å². The first kappa shape index (κ1) is 17.6. The molecule has 0 radical (unpaired) electrons. The van der Waals surface area contributed by atoms with Gasteiger partial charge in [0.1, 0.15) is 18.2 Å². The first-order valence-electron chi connectivity index (χ1n) is 7.53. The fraction of sp³-hybridized carbons (Fsp3) is 0.438. The molecule has 8 heteroatoms. The van der Waals surface area contributed by atoms with Gasteiger partial charge in [-0.1, -0.05) is 12.1 Å². The number of carboxylic acids is 1. The van der Waals surface area contributed by atoms with E-state index in [1.54, 1.807) is 45.0 Å². The van der Waals surface area contributed by atoms with Gasteiger partial charge in [0.15, 0.2) is 0 Å². The largest absolute Gasteiger partial charge is 0.480 e. The van der Waals surface area contributed by atoms with Crippen molar-refractivity contribution in [1.82, 2.24) is 5.32 Å². The Labute approximate surface area is 139 Å². The molecule has 1 atom stereocenters. The summed E-state index contributed by atoms with van der Waals surface area (Å²) in [5.74, 6) is -1.66. The highest BCUT2D eigenvalue weighted by molar-refractivity contribution is 6.05. The molecule has 24 heavy (non-hydrogen) atoms. The molecular formula is C16H21N3O5. The van der Waals surface area contributed by atoms with Crippen molar-refractivity contribution in [2.75, 3.05) is 23.3 Å². The van der Waals surface area contributed by atoms with Crippen molar-refractivity contribution >= 4 is 29.3 Å². The summed E-state index contributed by atoms with van der Waals surface area (Å²) in [5, 5.41) is 14.6. The molecule has 130 valence electrons. The van der Waals surface area contributed by atoms with Crippen LogP contribution in [-0.2, 0) is 14.3 Å². The SMILES string of the molecule is CC(C)(C)OC(=O)N[C@H]1CNc2ccccc2N(CC(=O)O)C1=O. The van der Waals surface area contributed by atoms with E-state index in [0.717, 1.165) is 4.90 Å². The van der Waals surface area contributed by atoms with E-state index in [1.165, 1.54) is 0 Å². The maximum atomic E-state index is 12.7. The summed E-state index contributed by atoms with van der Waals surface area (Å²) in [5.41, 5.74) is 0.383. The molecule has 0 saturated carbocycles. The molecule has 1 aliphatic rings. The van der Waals surface area contributed by atoms with Crippen LogP contribution in [0.3, 0.4) is 0 Å². The number of carbonyl (C=O) groups is 3. The fourth-order valence-electron chi connectivity index (χ4n) is 2.33. The number of alkyl carbamates (subject to hydrolysis) is 1. The zero-order valence-corrected chi connectivity index (χ0v) is 13.8. The maximum absolute atomic E-state index is 12.7. The average molecular weight is 335 g/mol. The second kappa shape index (κ2) is 6.77. The molecule has 0 unspecified atom stereocenters. The Kier molecular flexibility index (Phi) is 4.96. The van der Waals surface area contributed by atoms with Crippen LogP contribution in [-0.4, -0.2) is 47.8 Å². The molecule has 0 fully saturated rings. The number of rotatable bonds is 3. The molecule has 1 aromatic carbocycles. The Morgan fingerprint density at radius 2 is 2.04 bits per heavy atom. The standard InChI is InChI=1S/C16H21N3O5/c1-16(2,3)24-15(23)18-11-8-17-10-6-4-5-7-12(10)19(14(11)22)9-13(20)21/h4-7,11,17H,8-9H2,1-3H3,(H,18,23)(H,20,21)/t11-/m0/s1. The van der Waals surface area contributed by atoms with E-state index in [9.17, 15) is 14.4 Å². The summed E-state index contributed by atoms with van der Waals surface area (Å²) in [6.07, 6.45) is -0.733. The lowest BCUT2D eigenvalue weighted by Gasteiger charge is -2.25. The van der Waals surface area contributed by atoms with Crippen molar-refractivity contribution < 1.29 is 24.2 Å². The van der Waals surface area contributed by atoms with Crippen LogP contribution in [0.1, 0.15) is 20.8 Å². The number of para-hydroxylation sites is 2. The van der Waals surface area contributed by atoms with E-state index in [1.807, 2.05) is 0 Å². The third-order valence-electron chi connectivity index (χ3n) is 3.24. The number of nitrogens with zero attached hydrogens (tertiary/aromatic N) is 1. The van der Waals surface area contributed by atoms with Gasteiger partial charge in [-0.05, 0) is 32.9 Å². The number of carboxylic acid groups (broad SMARTS) is 1. The highest BCUT2D eigenvalue weighted by atomic mass is 16.6. The third kappa shape index (κ3) is 4.37. The molecule has 0 saturated heterocycles. The number of anilines is 2. The minimum Gasteiger partial charge on any atom is -0.480 e. The van der Waals surface area contributed by atoms with Crippen LogP contribution in [0.2, 0.25) is 0 Å². The summed E-state index contributed by atoms with van der Waals surface area (Å²) in [6, 6.07) is 5.94. The Balaban J connectivity index is 2.23.